The Morgan fingerprint density at radius 2 is 2.00 bits per heavy atom. The van der Waals surface area contributed by atoms with Crippen molar-refractivity contribution >= 4 is 22.7 Å². The molecule has 5 rings (SSSR count). The van der Waals surface area contributed by atoms with Gasteiger partial charge in [-0.25, -0.2) is 0 Å². The van der Waals surface area contributed by atoms with Crippen molar-refractivity contribution in [2.24, 2.45) is 0 Å². The summed E-state index contributed by atoms with van der Waals surface area (Å²) in [6.45, 7) is 6.42. The van der Waals surface area contributed by atoms with Gasteiger partial charge in [0.2, 0.25) is 0 Å². The van der Waals surface area contributed by atoms with Crippen LogP contribution in [0.3, 0.4) is 0 Å². The molecule has 3 heterocycles. The minimum atomic E-state index is 0.983. The summed E-state index contributed by atoms with van der Waals surface area (Å²) < 4.78 is 2.45. The first kappa shape index (κ1) is 14.9. The van der Waals surface area contributed by atoms with Crippen molar-refractivity contribution in [3.8, 4) is 0 Å². The number of hydrogen-bond donors (Lipinski definition) is 0. The average Bonchev–Trinajstić information content (AvgIpc) is 2.86. The minimum absolute atomic E-state index is 0.983. The SMILES string of the molecule is Cc1ccc2c(c1)c1c(n2/C=C2\Cc3nc(C)ccc32)CCN(C)C1. The first-order valence-electron chi connectivity index (χ1n) is 9.08. The maximum absolute atomic E-state index is 4.65. The van der Waals surface area contributed by atoms with Crippen molar-refractivity contribution in [2.75, 3.05) is 13.6 Å². The monoisotopic (exact) mass is 329 g/mol. The van der Waals surface area contributed by atoms with Gasteiger partial charge < -0.3 is 9.47 Å². The van der Waals surface area contributed by atoms with Crippen molar-refractivity contribution in [2.45, 2.75) is 33.2 Å². The molecule has 1 aliphatic carbocycles. The van der Waals surface area contributed by atoms with Crippen LogP contribution in [0.5, 0.6) is 0 Å². The first-order chi connectivity index (χ1) is 12.1. The first-order valence-corrected chi connectivity index (χ1v) is 9.08. The summed E-state index contributed by atoms with van der Waals surface area (Å²) in [5.41, 5.74) is 10.7. The fourth-order valence-electron chi connectivity index (χ4n) is 4.27. The van der Waals surface area contributed by atoms with Crippen molar-refractivity contribution < 1.29 is 0 Å². The van der Waals surface area contributed by atoms with Gasteiger partial charge in [-0.05, 0) is 50.2 Å². The molecule has 0 amide bonds. The van der Waals surface area contributed by atoms with E-state index in [0.29, 0.717) is 0 Å². The van der Waals surface area contributed by atoms with Gasteiger partial charge in [0.05, 0.1) is 11.2 Å². The van der Waals surface area contributed by atoms with E-state index in [0.717, 1.165) is 31.6 Å². The third kappa shape index (κ3) is 2.26. The molecule has 3 nitrogen and oxygen atoms in total. The van der Waals surface area contributed by atoms with Gasteiger partial charge in [0.25, 0.3) is 0 Å². The van der Waals surface area contributed by atoms with Crippen LogP contribution in [0.2, 0.25) is 0 Å². The van der Waals surface area contributed by atoms with Crippen LogP contribution in [0.4, 0.5) is 0 Å². The molecule has 1 aliphatic heterocycles. The Labute approximate surface area is 148 Å². The lowest BCUT2D eigenvalue weighted by Crippen LogP contribution is -2.27. The van der Waals surface area contributed by atoms with E-state index in [1.54, 1.807) is 0 Å². The number of aromatic nitrogens is 2. The van der Waals surface area contributed by atoms with E-state index >= 15 is 0 Å². The predicted molar refractivity (Wildman–Crippen MR) is 104 cm³/mol. The highest BCUT2D eigenvalue weighted by atomic mass is 15.1. The van der Waals surface area contributed by atoms with E-state index < -0.39 is 0 Å². The molecule has 0 saturated carbocycles. The zero-order valence-electron chi connectivity index (χ0n) is 15.1. The van der Waals surface area contributed by atoms with Crippen LogP contribution < -0.4 is 0 Å². The molecule has 0 bridgehead atoms. The van der Waals surface area contributed by atoms with Crippen LogP contribution in [0.25, 0.3) is 22.7 Å². The van der Waals surface area contributed by atoms with Gasteiger partial charge in [-0.3, -0.25) is 4.98 Å². The second kappa shape index (κ2) is 5.30. The van der Waals surface area contributed by atoms with Crippen molar-refractivity contribution in [1.82, 2.24) is 14.5 Å². The van der Waals surface area contributed by atoms with Gasteiger partial charge in [-0.15, -0.1) is 0 Å². The van der Waals surface area contributed by atoms with Crippen LogP contribution >= 0.6 is 0 Å². The molecule has 0 radical (unpaired) electrons. The van der Waals surface area contributed by atoms with Gasteiger partial charge in [0.15, 0.2) is 0 Å². The number of rotatable bonds is 1. The largest absolute Gasteiger partial charge is 0.320 e. The molecule has 3 heteroatoms. The summed E-state index contributed by atoms with van der Waals surface area (Å²) in [4.78, 5) is 7.08. The second-order valence-electron chi connectivity index (χ2n) is 7.58. The molecular weight excluding hydrogens is 306 g/mol. The highest BCUT2D eigenvalue weighted by molar-refractivity contribution is 5.92. The lowest BCUT2D eigenvalue weighted by molar-refractivity contribution is 0.312. The van der Waals surface area contributed by atoms with Gasteiger partial charge in [-0.1, -0.05) is 17.7 Å². The van der Waals surface area contributed by atoms with Crippen LogP contribution in [-0.2, 0) is 19.4 Å². The molecule has 0 unspecified atom stereocenters. The molecule has 2 aliphatic rings. The number of likely N-dealkylation sites (N-methyl/N-ethyl adjacent to an activating group) is 1. The number of hydrogen-bond acceptors (Lipinski definition) is 2. The summed E-state index contributed by atoms with van der Waals surface area (Å²) in [7, 11) is 2.22. The maximum Gasteiger partial charge on any atom is 0.0529 e. The highest BCUT2D eigenvalue weighted by Crippen LogP contribution is 2.37. The molecule has 0 fully saturated rings. The highest BCUT2D eigenvalue weighted by Gasteiger charge is 2.25. The summed E-state index contributed by atoms with van der Waals surface area (Å²) in [6, 6.07) is 11.2. The van der Waals surface area contributed by atoms with Crippen LogP contribution in [0.1, 0.15) is 33.8 Å². The fraction of sp³-hybridized carbons (Fsp3) is 0.318. The molecule has 3 aromatic rings. The number of benzene rings is 1. The summed E-state index contributed by atoms with van der Waals surface area (Å²) >= 11 is 0. The zero-order chi connectivity index (χ0) is 17.1. The molecule has 1 aromatic carbocycles. The van der Waals surface area contributed by atoms with E-state index in [9.17, 15) is 0 Å². The quantitative estimate of drug-likeness (QED) is 0.667. The van der Waals surface area contributed by atoms with Crippen molar-refractivity contribution in [3.63, 3.8) is 0 Å². The topological polar surface area (TPSA) is 21.1 Å². The van der Waals surface area contributed by atoms with E-state index in [4.69, 9.17) is 0 Å². The van der Waals surface area contributed by atoms with Crippen molar-refractivity contribution in [1.29, 1.82) is 0 Å². The standard InChI is InChI=1S/C22H23N3/c1-14-4-7-21-18(10-14)19-13-24(3)9-8-22(19)25(21)12-16-11-20-17(16)6-5-15(2)23-20/h4-7,10,12H,8-9,11,13H2,1-3H3/b16-12+. The number of pyridine rings is 1. The van der Waals surface area contributed by atoms with Gasteiger partial charge in [0, 0.05) is 54.5 Å². The van der Waals surface area contributed by atoms with E-state index in [-0.39, 0.29) is 0 Å². The van der Waals surface area contributed by atoms with Crippen LogP contribution in [-0.4, -0.2) is 28.0 Å². The smallest absolute Gasteiger partial charge is 0.0529 e. The molecule has 0 saturated heterocycles. The zero-order valence-corrected chi connectivity index (χ0v) is 15.1. The van der Waals surface area contributed by atoms with Gasteiger partial charge in [0.1, 0.15) is 0 Å². The Hall–Kier alpha value is -2.39. The lowest BCUT2D eigenvalue weighted by Gasteiger charge is -2.25. The third-order valence-electron chi connectivity index (χ3n) is 5.64. The number of fused-ring (bicyclic) bond motifs is 4. The minimum Gasteiger partial charge on any atom is -0.320 e. The molecule has 25 heavy (non-hydrogen) atoms. The predicted octanol–water partition coefficient (Wildman–Crippen LogP) is 4.20. The summed E-state index contributed by atoms with van der Waals surface area (Å²) in [5.74, 6) is 0. The van der Waals surface area contributed by atoms with E-state index in [1.807, 2.05) is 0 Å². The summed E-state index contributed by atoms with van der Waals surface area (Å²) in [6.07, 6.45) is 4.46. The van der Waals surface area contributed by atoms with E-state index in [2.05, 4.69) is 71.9 Å². The van der Waals surface area contributed by atoms with Crippen LogP contribution in [0, 0.1) is 13.8 Å². The number of nitrogens with zero attached hydrogens (tertiary/aromatic N) is 3. The Bertz CT molecular complexity index is 1040. The summed E-state index contributed by atoms with van der Waals surface area (Å²) in [5, 5.41) is 1.42. The number of aryl methyl sites for hydroxylation is 2. The Morgan fingerprint density at radius 1 is 1.12 bits per heavy atom. The maximum atomic E-state index is 4.65. The third-order valence-corrected chi connectivity index (χ3v) is 5.64. The molecule has 2 aromatic heterocycles. The number of allylic oxidation sites excluding steroid dienone is 1. The molecular formula is C22H23N3. The normalized spacial score (nSPS) is 18.3. The van der Waals surface area contributed by atoms with Crippen LogP contribution in [0.15, 0.2) is 30.3 Å². The van der Waals surface area contributed by atoms with Gasteiger partial charge in [-0.2, -0.15) is 0 Å². The molecule has 126 valence electrons. The Balaban J connectivity index is 1.69. The van der Waals surface area contributed by atoms with E-state index in [1.165, 1.54) is 44.6 Å². The lowest BCUT2D eigenvalue weighted by atomic mass is 9.88. The fourth-order valence-corrected chi connectivity index (χ4v) is 4.27. The Morgan fingerprint density at radius 3 is 2.84 bits per heavy atom. The van der Waals surface area contributed by atoms with Gasteiger partial charge >= 0.3 is 0 Å². The molecule has 0 N–H and O–H groups in total. The van der Waals surface area contributed by atoms with Crippen molar-refractivity contribution in [3.05, 3.63) is 64.1 Å². The average molecular weight is 329 g/mol. The molecule has 0 spiro atoms. The molecule has 0 atom stereocenters. The second-order valence-corrected chi connectivity index (χ2v) is 7.58. The Kier molecular flexibility index (Phi) is 3.16.